The molecule has 116 valence electrons. The Morgan fingerprint density at radius 2 is 2.19 bits per heavy atom. The van der Waals surface area contributed by atoms with E-state index >= 15 is 0 Å². The molecule has 3 N–H and O–H groups in total. The van der Waals surface area contributed by atoms with Gasteiger partial charge in [-0.15, -0.1) is 0 Å². The Balaban J connectivity index is 1.83. The minimum atomic E-state index is 0.131. The van der Waals surface area contributed by atoms with Crippen LogP contribution in [0.15, 0.2) is 24.3 Å². The SMILES string of the molecule is CC(C)CCNC(=O)CN(Cc1cccc(N)c1)C1CC1. The zero-order valence-electron chi connectivity index (χ0n) is 13.1. The molecule has 0 bridgehead atoms. The van der Waals surface area contributed by atoms with Gasteiger partial charge in [0.2, 0.25) is 5.91 Å². The molecular weight excluding hydrogens is 262 g/mol. The van der Waals surface area contributed by atoms with Crippen LogP contribution < -0.4 is 11.1 Å². The first-order valence-electron chi connectivity index (χ1n) is 7.89. The first-order valence-corrected chi connectivity index (χ1v) is 7.89. The molecule has 0 radical (unpaired) electrons. The second kappa shape index (κ2) is 7.46. The van der Waals surface area contributed by atoms with Crippen molar-refractivity contribution in [1.29, 1.82) is 0 Å². The third-order valence-electron chi connectivity index (χ3n) is 3.79. The zero-order valence-corrected chi connectivity index (χ0v) is 13.1. The second-order valence-electron chi connectivity index (χ2n) is 6.41. The largest absolute Gasteiger partial charge is 0.399 e. The molecule has 21 heavy (non-hydrogen) atoms. The number of carbonyl (C=O) groups is 1. The lowest BCUT2D eigenvalue weighted by Crippen LogP contribution is -2.38. The number of nitrogens with zero attached hydrogens (tertiary/aromatic N) is 1. The van der Waals surface area contributed by atoms with Gasteiger partial charge in [0.25, 0.3) is 0 Å². The summed E-state index contributed by atoms with van der Waals surface area (Å²) in [6, 6.07) is 8.48. The van der Waals surface area contributed by atoms with Gasteiger partial charge < -0.3 is 11.1 Å². The normalized spacial score (nSPS) is 14.7. The predicted octanol–water partition coefficient (Wildman–Crippen LogP) is 2.40. The number of amides is 1. The van der Waals surface area contributed by atoms with E-state index in [0.717, 1.165) is 25.2 Å². The van der Waals surface area contributed by atoms with Crippen LogP contribution in [0.1, 0.15) is 38.7 Å². The minimum absolute atomic E-state index is 0.131. The van der Waals surface area contributed by atoms with Gasteiger partial charge in [-0.25, -0.2) is 0 Å². The van der Waals surface area contributed by atoms with Gasteiger partial charge in [-0.2, -0.15) is 0 Å². The average molecular weight is 289 g/mol. The van der Waals surface area contributed by atoms with E-state index in [1.54, 1.807) is 0 Å². The van der Waals surface area contributed by atoms with Gasteiger partial charge in [0.15, 0.2) is 0 Å². The molecule has 4 heteroatoms. The summed E-state index contributed by atoms with van der Waals surface area (Å²) in [6.07, 6.45) is 3.42. The summed E-state index contributed by atoms with van der Waals surface area (Å²) in [5.41, 5.74) is 7.78. The highest BCUT2D eigenvalue weighted by molar-refractivity contribution is 5.78. The molecule has 0 spiro atoms. The summed E-state index contributed by atoms with van der Waals surface area (Å²) in [4.78, 5) is 14.3. The molecule has 0 unspecified atom stereocenters. The maximum absolute atomic E-state index is 12.0. The number of benzene rings is 1. The Hall–Kier alpha value is -1.55. The average Bonchev–Trinajstić information content (AvgIpc) is 3.21. The summed E-state index contributed by atoms with van der Waals surface area (Å²) in [7, 11) is 0. The first-order chi connectivity index (χ1) is 10.0. The fraction of sp³-hybridized carbons (Fsp3) is 0.588. The summed E-state index contributed by atoms with van der Waals surface area (Å²) in [6.45, 7) is 6.39. The maximum Gasteiger partial charge on any atom is 0.234 e. The molecule has 0 atom stereocenters. The number of nitrogens with two attached hydrogens (primary N) is 1. The van der Waals surface area contributed by atoms with Crippen molar-refractivity contribution in [2.45, 2.75) is 45.7 Å². The van der Waals surface area contributed by atoms with Gasteiger partial charge in [0, 0.05) is 24.8 Å². The lowest BCUT2D eigenvalue weighted by molar-refractivity contribution is -0.122. The van der Waals surface area contributed by atoms with E-state index in [-0.39, 0.29) is 5.91 Å². The number of hydrogen-bond acceptors (Lipinski definition) is 3. The van der Waals surface area contributed by atoms with Gasteiger partial charge in [-0.05, 0) is 42.9 Å². The molecule has 1 fully saturated rings. The third kappa shape index (κ3) is 5.76. The van der Waals surface area contributed by atoms with Crippen LogP contribution >= 0.6 is 0 Å². The Labute approximate surface area is 127 Å². The van der Waals surface area contributed by atoms with Crippen molar-refractivity contribution in [3.63, 3.8) is 0 Å². The zero-order chi connectivity index (χ0) is 15.2. The number of anilines is 1. The molecule has 1 aromatic carbocycles. The van der Waals surface area contributed by atoms with Crippen molar-refractivity contribution in [2.24, 2.45) is 5.92 Å². The Kier molecular flexibility index (Phi) is 5.62. The Bertz CT molecular complexity index is 469. The van der Waals surface area contributed by atoms with Crippen LogP contribution in [0.2, 0.25) is 0 Å². The third-order valence-corrected chi connectivity index (χ3v) is 3.79. The van der Waals surface area contributed by atoms with E-state index in [2.05, 4.69) is 30.1 Å². The van der Waals surface area contributed by atoms with Crippen molar-refractivity contribution in [1.82, 2.24) is 10.2 Å². The Morgan fingerprint density at radius 1 is 1.43 bits per heavy atom. The van der Waals surface area contributed by atoms with E-state index in [1.807, 2.05) is 18.2 Å². The van der Waals surface area contributed by atoms with Crippen molar-refractivity contribution in [2.75, 3.05) is 18.8 Å². The first kappa shape index (κ1) is 15.8. The summed E-state index contributed by atoms with van der Waals surface area (Å²) in [5.74, 6) is 0.753. The number of carbonyl (C=O) groups excluding carboxylic acids is 1. The smallest absolute Gasteiger partial charge is 0.234 e. The number of hydrogen-bond donors (Lipinski definition) is 2. The molecule has 0 heterocycles. The van der Waals surface area contributed by atoms with Gasteiger partial charge >= 0.3 is 0 Å². The molecule has 1 aliphatic rings. The molecule has 0 saturated heterocycles. The minimum Gasteiger partial charge on any atom is -0.399 e. The number of nitrogen functional groups attached to an aromatic ring is 1. The van der Waals surface area contributed by atoms with Crippen molar-refractivity contribution in [3.05, 3.63) is 29.8 Å². The second-order valence-corrected chi connectivity index (χ2v) is 6.41. The lowest BCUT2D eigenvalue weighted by Gasteiger charge is -2.21. The van der Waals surface area contributed by atoms with E-state index in [0.29, 0.717) is 18.5 Å². The highest BCUT2D eigenvalue weighted by Crippen LogP contribution is 2.28. The van der Waals surface area contributed by atoms with Gasteiger partial charge in [0.1, 0.15) is 0 Å². The van der Waals surface area contributed by atoms with Crippen molar-refractivity contribution in [3.8, 4) is 0 Å². The van der Waals surface area contributed by atoms with Crippen LogP contribution in [0.5, 0.6) is 0 Å². The predicted molar refractivity (Wildman–Crippen MR) is 86.8 cm³/mol. The molecule has 1 aromatic rings. The fourth-order valence-corrected chi connectivity index (χ4v) is 2.42. The van der Waals surface area contributed by atoms with Crippen LogP contribution in [-0.2, 0) is 11.3 Å². The number of nitrogens with one attached hydrogen (secondary N) is 1. The van der Waals surface area contributed by atoms with E-state index in [1.165, 1.54) is 18.4 Å². The molecule has 0 aliphatic heterocycles. The molecule has 2 rings (SSSR count). The topological polar surface area (TPSA) is 58.4 Å². The molecule has 4 nitrogen and oxygen atoms in total. The molecule has 1 amide bonds. The molecule has 0 aromatic heterocycles. The maximum atomic E-state index is 12.0. The van der Waals surface area contributed by atoms with Crippen molar-refractivity contribution < 1.29 is 4.79 Å². The van der Waals surface area contributed by atoms with Crippen molar-refractivity contribution >= 4 is 11.6 Å². The van der Waals surface area contributed by atoms with Crippen LogP contribution in [0.3, 0.4) is 0 Å². The van der Waals surface area contributed by atoms with Crippen LogP contribution in [0, 0.1) is 5.92 Å². The van der Waals surface area contributed by atoms with Gasteiger partial charge in [0.05, 0.1) is 6.54 Å². The Morgan fingerprint density at radius 3 is 2.81 bits per heavy atom. The monoisotopic (exact) mass is 289 g/mol. The van der Waals surface area contributed by atoms with Crippen LogP contribution in [-0.4, -0.2) is 29.9 Å². The number of rotatable bonds is 8. The van der Waals surface area contributed by atoms with E-state index in [4.69, 9.17) is 5.73 Å². The van der Waals surface area contributed by atoms with Gasteiger partial charge in [-0.3, -0.25) is 9.69 Å². The van der Waals surface area contributed by atoms with Gasteiger partial charge in [-0.1, -0.05) is 26.0 Å². The molecule has 1 aliphatic carbocycles. The highest BCUT2D eigenvalue weighted by Gasteiger charge is 2.30. The van der Waals surface area contributed by atoms with E-state index < -0.39 is 0 Å². The van der Waals surface area contributed by atoms with Crippen LogP contribution in [0.4, 0.5) is 5.69 Å². The summed E-state index contributed by atoms with van der Waals surface area (Å²) >= 11 is 0. The fourth-order valence-electron chi connectivity index (χ4n) is 2.42. The van der Waals surface area contributed by atoms with E-state index in [9.17, 15) is 4.79 Å². The molecule has 1 saturated carbocycles. The quantitative estimate of drug-likeness (QED) is 0.723. The highest BCUT2D eigenvalue weighted by atomic mass is 16.2. The summed E-state index contributed by atoms with van der Waals surface area (Å²) < 4.78 is 0. The standard InChI is InChI=1S/C17H27N3O/c1-13(2)8-9-19-17(21)12-20(16-6-7-16)11-14-4-3-5-15(18)10-14/h3-5,10,13,16H,6-9,11-12,18H2,1-2H3,(H,19,21). The molecular formula is C17H27N3O. The lowest BCUT2D eigenvalue weighted by atomic mass is 10.1. The van der Waals surface area contributed by atoms with Crippen LogP contribution in [0.25, 0.3) is 0 Å². The summed E-state index contributed by atoms with van der Waals surface area (Å²) in [5, 5.41) is 3.02.